The van der Waals surface area contributed by atoms with Gasteiger partial charge in [0.05, 0.1) is 26.0 Å². The van der Waals surface area contributed by atoms with Crippen molar-refractivity contribution in [1.82, 2.24) is 14.9 Å². The molecule has 7 heteroatoms. The van der Waals surface area contributed by atoms with Gasteiger partial charge in [0.1, 0.15) is 17.5 Å². The van der Waals surface area contributed by atoms with Crippen molar-refractivity contribution in [3.8, 4) is 17.2 Å². The van der Waals surface area contributed by atoms with E-state index in [2.05, 4.69) is 44.2 Å². The first-order valence-corrected chi connectivity index (χ1v) is 11.1. The minimum atomic E-state index is -0.125. The molecule has 0 spiro atoms. The van der Waals surface area contributed by atoms with Gasteiger partial charge in [0.25, 0.3) is 0 Å². The number of rotatable bonds is 6. The van der Waals surface area contributed by atoms with Gasteiger partial charge in [0.15, 0.2) is 5.11 Å². The van der Waals surface area contributed by atoms with Crippen LogP contribution < -0.4 is 19.7 Å². The van der Waals surface area contributed by atoms with Gasteiger partial charge in [-0.15, -0.1) is 0 Å². The maximum atomic E-state index is 5.84. The summed E-state index contributed by atoms with van der Waals surface area (Å²) in [7, 11) is 3.34. The Bertz CT molecular complexity index is 1260. The minimum absolute atomic E-state index is 0.123. The molecule has 3 heterocycles. The number of aromatic nitrogens is 2. The summed E-state index contributed by atoms with van der Waals surface area (Å²) in [4.78, 5) is 6.80. The molecule has 0 unspecified atom stereocenters. The van der Waals surface area contributed by atoms with Crippen molar-refractivity contribution in [1.29, 1.82) is 0 Å². The van der Waals surface area contributed by atoms with Crippen LogP contribution in [0.4, 0.5) is 5.69 Å². The standard InChI is InChI=1S/C26H24N4O2S/c1-31-20-13-11-18(12-14-20)30-25(24(28-26(30)33)22-9-3-4-15-27-22)23-10-6-16-29(23)19-7-5-8-21(17-19)32-2/h3-17,24-25H,1-2H3,(H,28,33)/t24-,25-/m1/s1. The van der Waals surface area contributed by atoms with E-state index in [-0.39, 0.29) is 12.1 Å². The highest BCUT2D eigenvalue weighted by molar-refractivity contribution is 7.80. The molecule has 1 aliphatic heterocycles. The predicted octanol–water partition coefficient (Wildman–Crippen LogP) is 5.07. The second kappa shape index (κ2) is 8.96. The van der Waals surface area contributed by atoms with Crippen LogP contribution in [0.2, 0.25) is 0 Å². The summed E-state index contributed by atoms with van der Waals surface area (Å²) in [6, 6.07) is 25.9. The minimum Gasteiger partial charge on any atom is -0.497 e. The van der Waals surface area contributed by atoms with Crippen LogP contribution in [-0.4, -0.2) is 28.9 Å². The Balaban J connectivity index is 1.64. The zero-order chi connectivity index (χ0) is 22.8. The van der Waals surface area contributed by atoms with E-state index in [1.807, 2.05) is 66.9 Å². The normalized spacial score (nSPS) is 17.6. The van der Waals surface area contributed by atoms with E-state index in [0.717, 1.165) is 34.3 Å². The van der Waals surface area contributed by atoms with Gasteiger partial charge in [-0.05, 0) is 72.9 Å². The second-order valence-corrected chi connectivity index (χ2v) is 8.09. The molecule has 2 aromatic heterocycles. The van der Waals surface area contributed by atoms with Gasteiger partial charge in [-0.3, -0.25) is 4.98 Å². The summed E-state index contributed by atoms with van der Waals surface area (Å²) in [5.41, 5.74) is 4.01. The Hall–Kier alpha value is -3.84. The van der Waals surface area contributed by atoms with E-state index in [0.29, 0.717) is 5.11 Å². The van der Waals surface area contributed by atoms with Crippen LogP contribution in [0.3, 0.4) is 0 Å². The van der Waals surface area contributed by atoms with Gasteiger partial charge in [-0.1, -0.05) is 12.1 Å². The topological polar surface area (TPSA) is 51.5 Å². The number of benzene rings is 2. The van der Waals surface area contributed by atoms with E-state index in [4.69, 9.17) is 21.7 Å². The highest BCUT2D eigenvalue weighted by Crippen LogP contribution is 2.42. The first-order chi connectivity index (χ1) is 16.2. The molecule has 0 saturated carbocycles. The molecule has 1 saturated heterocycles. The average Bonchev–Trinajstić information content (AvgIpc) is 3.49. The highest BCUT2D eigenvalue weighted by Gasteiger charge is 2.42. The average molecular weight is 457 g/mol. The summed E-state index contributed by atoms with van der Waals surface area (Å²) in [6.45, 7) is 0. The molecule has 2 atom stereocenters. The fourth-order valence-corrected chi connectivity index (χ4v) is 4.65. The number of pyridine rings is 1. The molecule has 33 heavy (non-hydrogen) atoms. The molecule has 1 fully saturated rings. The van der Waals surface area contributed by atoms with Gasteiger partial charge < -0.3 is 24.3 Å². The van der Waals surface area contributed by atoms with E-state index < -0.39 is 0 Å². The van der Waals surface area contributed by atoms with Crippen LogP contribution in [-0.2, 0) is 0 Å². The quantitative estimate of drug-likeness (QED) is 0.409. The lowest BCUT2D eigenvalue weighted by atomic mass is 10.0. The largest absolute Gasteiger partial charge is 0.497 e. The monoisotopic (exact) mass is 456 g/mol. The number of hydrogen-bond donors (Lipinski definition) is 1. The number of nitrogens with zero attached hydrogens (tertiary/aromatic N) is 3. The molecule has 0 radical (unpaired) electrons. The Morgan fingerprint density at radius 2 is 1.67 bits per heavy atom. The number of nitrogens with one attached hydrogen (secondary N) is 1. The number of thiocarbonyl (C=S) groups is 1. The number of methoxy groups -OCH3 is 2. The third kappa shape index (κ3) is 3.91. The molecule has 0 amide bonds. The lowest BCUT2D eigenvalue weighted by Gasteiger charge is -2.29. The van der Waals surface area contributed by atoms with Crippen LogP contribution in [0.25, 0.3) is 5.69 Å². The first-order valence-electron chi connectivity index (χ1n) is 10.7. The fourth-order valence-electron chi connectivity index (χ4n) is 4.31. The zero-order valence-electron chi connectivity index (χ0n) is 18.4. The second-order valence-electron chi connectivity index (χ2n) is 7.70. The molecule has 5 rings (SSSR count). The molecule has 1 aliphatic rings. The molecule has 1 N–H and O–H groups in total. The molecular weight excluding hydrogens is 432 g/mol. The molecule has 0 bridgehead atoms. The van der Waals surface area contributed by atoms with E-state index in [1.165, 1.54) is 0 Å². The number of hydrogen-bond acceptors (Lipinski definition) is 4. The van der Waals surface area contributed by atoms with E-state index in [1.54, 1.807) is 14.2 Å². The van der Waals surface area contributed by atoms with Crippen LogP contribution in [0.1, 0.15) is 23.5 Å². The maximum absolute atomic E-state index is 5.84. The van der Waals surface area contributed by atoms with Gasteiger partial charge in [0.2, 0.25) is 0 Å². The van der Waals surface area contributed by atoms with Crippen molar-refractivity contribution in [2.75, 3.05) is 19.1 Å². The van der Waals surface area contributed by atoms with Crippen LogP contribution in [0.5, 0.6) is 11.5 Å². The number of anilines is 1. The van der Waals surface area contributed by atoms with Crippen LogP contribution in [0, 0.1) is 0 Å². The molecule has 0 aliphatic carbocycles. The lowest BCUT2D eigenvalue weighted by Crippen LogP contribution is -2.30. The summed E-state index contributed by atoms with van der Waals surface area (Å²) >= 11 is 5.84. The van der Waals surface area contributed by atoms with Gasteiger partial charge >= 0.3 is 0 Å². The smallest absolute Gasteiger partial charge is 0.174 e. The predicted molar refractivity (Wildman–Crippen MR) is 133 cm³/mol. The van der Waals surface area contributed by atoms with Crippen LogP contribution >= 0.6 is 12.2 Å². The number of ether oxygens (including phenoxy) is 2. The fraction of sp³-hybridized carbons (Fsp3) is 0.154. The van der Waals surface area contributed by atoms with Crippen molar-refractivity contribution in [2.24, 2.45) is 0 Å². The third-order valence-electron chi connectivity index (χ3n) is 5.86. The third-order valence-corrected chi connectivity index (χ3v) is 6.18. The van der Waals surface area contributed by atoms with Crippen molar-refractivity contribution in [3.63, 3.8) is 0 Å². The van der Waals surface area contributed by atoms with Crippen LogP contribution in [0.15, 0.2) is 91.3 Å². The molecule has 4 aromatic rings. The summed E-state index contributed by atoms with van der Waals surface area (Å²) in [5.74, 6) is 1.61. The molecular formula is C26H24N4O2S. The Kier molecular flexibility index (Phi) is 5.71. The summed E-state index contributed by atoms with van der Waals surface area (Å²) < 4.78 is 13.0. The summed E-state index contributed by atoms with van der Waals surface area (Å²) in [5, 5.41) is 4.16. The Labute approximate surface area is 198 Å². The van der Waals surface area contributed by atoms with E-state index >= 15 is 0 Å². The molecule has 6 nitrogen and oxygen atoms in total. The van der Waals surface area contributed by atoms with Gasteiger partial charge in [0, 0.05) is 35.5 Å². The summed E-state index contributed by atoms with van der Waals surface area (Å²) in [6.07, 6.45) is 3.88. The van der Waals surface area contributed by atoms with Gasteiger partial charge in [-0.2, -0.15) is 0 Å². The zero-order valence-corrected chi connectivity index (χ0v) is 19.2. The molecule has 166 valence electrons. The Morgan fingerprint density at radius 1 is 0.848 bits per heavy atom. The first kappa shape index (κ1) is 21.0. The maximum Gasteiger partial charge on any atom is 0.174 e. The van der Waals surface area contributed by atoms with E-state index in [9.17, 15) is 0 Å². The van der Waals surface area contributed by atoms with Crippen molar-refractivity contribution >= 4 is 23.0 Å². The van der Waals surface area contributed by atoms with Crippen molar-refractivity contribution in [3.05, 3.63) is 103 Å². The van der Waals surface area contributed by atoms with Gasteiger partial charge in [-0.25, -0.2) is 0 Å². The Morgan fingerprint density at radius 3 is 2.39 bits per heavy atom. The lowest BCUT2D eigenvalue weighted by molar-refractivity contribution is 0.414. The van der Waals surface area contributed by atoms with Crippen molar-refractivity contribution < 1.29 is 9.47 Å². The molecule has 2 aromatic carbocycles. The highest BCUT2D eigenvalue weighted by atomic mass is 32.1. The van der Waals surface area contributed by atoms with Crippen molar-refractivity contribution in [2.45, 2.75) is 12.1 Å². The SMILES string of the molecule is COc1ccc(N2C(=S)N[C@H](c3ccccn3)[C@H]2c2cccn2-c2cccc(OC)c2)cc1.